The second kappa shape index (κ2) is 13.3. The lowest BCUT2D eigenvalue weighted by Crippen LogP contribution is -2.57. The summed E-state index contributed by atoms with van der Waals surface area (Å²) in [4.78, 5) is 41.9. The number of nitrogens with two attached hydrogens (primary N) is 1. The van der Waals surface area contributed by atoms with Crippen molar-refractivity contribution >= 4 is 28.8 Å². The highest BCUT2D eigenvalue weighted by atomic mass is 32.1. The van der Waals surface area contributed by atoms with Gasteiger partial charge in [-0.1, -0.05) is 24.6 Å². The van der Waals surface area contributed by atoms with Crippen LogP contribution in [0, 0.1) is 22.0 Å². The lowest BCUT2D eigenvalue weighted by molar-refractivity contribution is -0.384. The van der Waals surface area contributed by atoms with E-state index in [4.69, 9.17) is 5.73 Å². The van der Waals surface area contributed by atoms with Gasteiger partial charge in [-0.15, -0.1) is 11.3 Å². The highest BCUT2D eigenvalue weighted by Crippen LogP contribution is 2.29. The molecule has 9 nitrogen and oxygen atoms in total. The Hall–Kier alpha value is -2.82. The Labute approximate surface area is 228 Å². The molecule has 1 saturated heterocycles. The van der Waals surface area contributed by atoms with Crippen LogP contribution in [0.15, 0.2) is 41.8 Å². The van der Waals surface area contributed by atoms with E-state index in [1.807, 2.05) is 6.07 Å². The molecule has 206 valence electrons. The van der Waals surface area contributed by atoms with Crippen molar-refractivity contribution in [3.8, 4) is 0 Å². The van der Waals surface area contributed by atoms with Crippen LogP contribution in [0.3, 0.4) is 0 Å². The number of amides is 2. The van der Waals surface area contributed by atoms with Crippen molar-refractivity contribution < 1.29 is 14.5 Å². The summed E-state index contributed by atoms with van der Waals surface area (Å²) in [6.07, 6.45) is 5.78. The monoisotopic (exact) mass is 541 g/mol. The van der Waals surface area contributed by atoms with Crippen LogP contribution in [0.25, 0.3) is 0 Å². The first-order valence-electron chi connectivity index (χ1n) is 13.6. The van der Waals surface area contributed by atoms with Crippen molar-refractivity contribution in [2.24, 2.45) is 17.6 Å². The third kappa shape index (κ3) is 7.39. The molecule has 1 aromatic heterocycles. The standard InChI is InChI=1S/C28H39N5O4S/c1-20(34)32-12-11-25(15-27(32)28(35)30-17-23-5-2-4-22(14-23)16-29)31(19-26-6-3-13-38-26)18-21-7-9-24(10-8-21)33(36)37/h3,6-10,13,22-23,25,27H,2,4-5,11-12,14-19,29H2,1H3,(H,30,35)/t22?,23?,25?,27-/m1/s1. The molecule has 1 aliphatic heterocycles. The Kier molecular flexibility index (Phi) is 9.87. The second-order valence-corrected chi connectivity index (χ2v) is 11.7. The Morgan fingerprint density at radius 2 is 1.89 bits per heavy atom. The molecular formula is C28H39N5O4S. The van der Waals surface area contributed by atoms with Gasteiger partial charge in [0.05, 0.1) is 4.92 Å². The molecule has 4 atom stereocenters. The normalized spacial score (nSPS) is 23.8. The first-order valence-corrected chi connectivity index (χ1v) is 14.5. The number of nitro benzene ring substituents is 1. The Balaban J connectivity index is 1.46. The van der Waals surface area contributed by atoms with E-state index in [-0.39, 0.29) is 23.5 Å². The van der Waals surface area contributed by atoms with Crippen LogP contribution in [-0.2, 0) is 22.7 Å². The van der Waals surface area contributed by atoms with Crippen LogP contribution in [0.4, 0.5) is 5.69 Å². The molecule has 38 heavy (non-hydrogen) atoms. The number of carbonyl (C=O) groups excluding carboxylic acids is 2. The van der Waals surface area contributed by atoms with Crippen LogP contribution in [0.5, 0.6) is 0 Å². The molecule has 2 amide bonds. The molecule has 1 saturated carbocycles. The number of rotatable bonds is 10. The van der Waals surface area contributed by atoms with Gasteiger partial charge in [-0.2, -0.15) is 0 Å². The van der Waals surface area contributed by atoms with E-state index in [1.165, 1.54) is 23.9 Å². The number of hydrogen-bond acceptors (Lipinski definition) is 7. The summed E-state index contributed by atoms with van der Waals surface area (Å²) < 4.78 is 0. The molecule has 3 unspecified atom stereocenters. The highest BCUT2D eigenvalue weighted by molar-refractivity contribution is 7.09. The van der Waals surface area contributed by atoms with Crippen LogP contribution < -0.4 is 11.1 Å². The van der Waals surface area contributed by atoms with E-state index >= 15 is 0 Å². The average Bonchev–Trinajstić information content (AvgIpc) is 3.44. The number of carbonyl (C=O) groups is 2. The van der Waals surface area contributed by atoms with Gasteiger partial charge in [-0.3, -0.25) is 24.6 Å². The number of non-ortho nitro benzene ring substituents is 1. The third-order valence-electron chi connectivity index (χ3n) is 8.06. The molecule has 0 radical (unpaired) electrons. The number of hydrogen-bond donors (Lipinski definition) is 2. The summed E-state index contributed by atoms with van der Waals surface area (Å²) in [5.41, 5.74) is 6.94. The molecule has 3 N–H and O–H groups in total. The molecule has 1 aromatic carbocycles. The van der Waals surface area contributed by atoms with E-state index in [0.29, 0.717) is 44.4 Å². The minimum atomic E-state index is -0.511. The van der Waals surface area contributed by atoms with E-state index in [1.54, 1.807) is 28.4 Å². The summed E-state index contributed by atoms with van der Waals surface area (Å²) >= 11 is 1.69. The number of likely N-dealkylation sites (tertiary alicyclic amines) is 1. The fourth-order valence-electron chi connectivity index (χ4n) is 5.94. The SMILES string of the molecule is CC(=O)N1CCC(N(Cc2ccc([N+](=O)[O-])cc2)Cc2cccs2)C[C@@H]1C(=O)NCC1CCCC(CN)C1. The second-order valence-electron chi connectivity index (χ2n) is 10.7. The van der Waals surface area contributed by atoms with Gasteiger partial charge in [0.25, 0.3) is 5.69 Å². The minimum Gasteiger partial charge on any atom is -0.354 e. The smallest absolute Gasteiger partial charge is 0.269 e. The Morgan fingerprint density at radius 1 is 1.13 bits per heavy atom. The average molecular weight is 542 g/mol. The van der Waals surface area contributed by atoms with E-state index in [9.17, 15) is 19.7 Å². The molecule has 2 aromatic rings. The Bertz CT molecular complexity index is 1080. The van der Waals surface area contributed by atoms with Gasteiger partial charge in [0.15, 0.2) is 0 Å². The summed E-state index contributed by atoms with van der Waals surface area (Å²) in [5, 5.41) is 16.3. The topological polar surface area (TPSA) is 122 Å². The summed E-state index contributed by atoms with van der Waals surface area (Å²) in [7, 11) is 0. The highest BCUT2D eigenvalue weighted by Gasteiger charge is 2.37. The van der Waals surface area contributed by atoms with Gasteiger partial charge in [0.2, 0.25) is 11.8 Å². The number of thiophene rings is 1. The first kappa shape index (κ1) is 28.2. The van der Waals surface area contributed by atoms with Crippen molar-refractivity contribution in [2.75, 3.05) is 19.6 Å². The van der Waals surface area contributed by atoms with Gasteiger partial charge in [0.1, 0.15) is 6.04 Å². The third-order valence-corrected chi connectivity index (χ3v) is 8.92. The van der Waals surface area contributed by atoms with Crippen LogP contribution >= 0.6 is 11.3 Å². The first-order chi connectivity index (χ1) is 18.3. The maximum atomic E-state index is 13.4. The maximum Gasteiger partial charge on any atom is 0.269 e. The van der Waals surface area contributed by atoms with Gasteiger partial charge in [-0.25, -0.2) is 0 Å². The molecule has 1 aliphatic carbocycles. The minimum absolute atomic E-state index is 0.0702. The van der Waals surface area contributed by atoms with Gasteiger partial charge in [-0.05, 0) is 67.5 Å². The van der Waals surface area contributed by atoms with E-state index in [2.05, 4.69) is 21.7 Å². The zero-order chi connectivity index (χ0) is 27.1. The van der Waals surface area contributed by atoms with E-state index < -0.39 is 11.0 Å². The quantitative estimate of drug-likeness (QED) is 0.347. The number of piperidine rings is 1. The van der Waals surface area contributed by atoms with Crippen molar-refractivity contribution in [1.29, 1.82) is 0 Å². The van der Waals surface area contributed by atoms with Crippen LogP contribution in [0.2, 0.25) is 0 Å². The predicted octanol–water partition coefficient (Wildman–Crippen LogP) is 3.92. The summed E-state index contributed by atoms with van der Waals surface area (Å²) in [6.45, 7) is 4.71. The molecule has 10 heteroatoms. The van der Waals surface area contributed by atoms with Crippen molar-refractivity contribution in [3.05, 3.63) is 62.3 Å². The van der Waals surface area contributed by atoms with Gasteiger partial charge >= 0.3 is 0 Å². The fraction of sp³-hybridized carbons (Fsp3) is 0.571. The van der Waals surface area contributed by atoms with Crippen molar-refractivity contribution in [3.63, 3.8) is 0 Å². The number of nitrogens with one attached hydrogen (secondary N) is 1. The number of nitro groups is 1. The maximum absolute atomic E-state index is 13.4. The molecule has 2 heterocycles. The number of benzene rings is 1. The summed E-state index contributed by atoms with van der Waals surface area (Å²) in [5.74, 6) is 0.809. The largest absolute Gasteiger partial charge is 0.354 e. The molecule has 2 fully saturated rings. The van der Waals surface area contributed by atoms with E-state index in [0.717, 1.165) is 44.2 Å². The molecular weight excluding hydrogens is 502 g/mol. The zero-order valence-corrected chi connectivity index (χ0v) is 22.9. The fourth-order valence-corrected chi connectivity index (χ4v) is 6.67. The van der Waals surface area contributed by atoms with Gasteiger partial charge in [0, 0.05) is 56.2 Å². The van der Waals surface area contributed by atoms with Crippen molar-refractivity contribution in [2.45, 2.75) is 70.6 Å². The lowest BCUT2D eigenvalue weighted by atomic mass is 9.81. The summed E-state index contributed by atoms with van der Waals surface area (Å²) in [6, 6.07) is 10.4. The van der Waals surface area contributed by atoms with Crippen LogP contribution in [0.1, 0.15) is 55.9 Å². The molecule has 4 rings (SSSR count). The van der Waals surface area contributed by atoms with Gasteiger partial charge < -0.3 is 16.0 Å². The predicted molar refractivity (Wildman–Crippen MR) is 148 cm³/mol. The lowest BCUT2D eigenvalue weighted by Gasteiger charge is -2.42. The zero-order valence-electron chi connectivity index (χ0n) is 22.1. The van der Waals surface area contributed by atoms with Crippen LogP contribution in [-0.4, -0.2) is 58.3 Å². The number of nitrogens with zero attached hydrogens (tertiary/aromatic N) is 3. The molecule has 0 bridgehead atoms. The molecule has 0 spiro atoms. The Morgan fingerprint density at radius 3 is 2.55 bits per heavy atom. The molecule has 2 aliphatic rings. The van der Waals surface area contributed by atoms with Crippen molar-refractivity contribution in [1.82, 2.24) is 15.1 Å².